The van der Waals surface area contributed by atoms with Crippen molar-refractivity contribution in [3.63, 3.8) is 0 Å². The zero-order valence-corrected chi connectivity index (χ0v) is 20.1. The number of hydrogen-bond acceptors (Lipinski definition) is 5. The maximum atomic E-state index is 15.0. The Bertz CT molecular complexity index is 1510. The summed E-state index contributed by atoms with van der Waals surface area (Å²) in [5.41, 5.74) is -0.103. The van der Waals surface area contributed by atoms with E-state index in [0.717, 1.165) is 17.7 Å². The van der Waals surface area contributed by atoms with Crippen LogP contribution in [0, 0.1) is 5.82 Å². The zero-order valence-electron chi connectivity index (χ0n) is 20.1. The molecular weight excluding hydrogens is 490 g/mol. The standard InChI is InChI=1S/C26H23F4N5O2/c1-25(18-10-7-16(13-19(18)27)26(28,29)30)11-3-4-21-24(33-34-35(21)25)20-14-23(36)32-22(31-20)12-15-5-8-17(37-2)9-6-15/h5-10,13-14H,3-4,11-12H2,1-2H3,(H,31,32,36)/t25-/m1/s1. The summed E-state index contributed by atoms with van der Waals surface area (Å²) in [6.07, 6.45) is -2.66. The number of aromatic amines is 1. The van der Waals surface area contributed by atoms with Gasteiger partial charge in [0.15, 0.2) is 0 Å². The van der Waals surface area contributed by atoms with Gasteiger partial charge in [0.2, 0.25) is 0 Å². The van der Waals surface area contributed by atoms with Gasteiger partial charge >= 0.3 is 6.18 Å². The lowest BCUT2D eigenvalue weighted by Crippen LogP contribution is -2.38. The van der Waals surface area contributed by atoms with Crippen LogP contribution in [0.1, 0.15) is 48.0 Å². The van der Waals surface area contributed by atoms with Crippen LogP contribution in [0.25, 0.3) is 11.4 Å². The van der Waals surface area contributed by atoms with Gasteiger partial charge in [-0.2, -0.15) is 13.2 Å². The maximum Gasteiger partial charge on any atom is 0.416 e. The molecule has 0 radical (unpaired) electrons. The number of alkyl halides is 3. The molecule has 0 unspecified atom stereocenters. The van der Waals surface area contributed by atoms with E-state index in [2.05, 4.69) is 20.3 Å². The first kappa shape index (κ1) is 24.7. The molecule has 1 aliphatic heterocycles. The number of nitrogens with zero attached hydrogens (tertiary/aromatic N) is 4. The van der Waals surface area contributed by atoms with Gasteiger partial charge in [0.05, 0.1) is 23.9 Å². The molecule has 11 heteroatoms. The van der Waals surface area contributed by atoms with E-state index < -0.39 is 23.1 Å². The van der Waals surface area contributed by atoms with Gasteiger partial charge in [0.1, 0.15) is 28.8 Å². The maximum absolute atomic E-state index is 15.0. The molecule has 0 aliphatic carbocycles. The van der Waals surface area contributed by atoms with Crippen LogP contribution < -0.4 is 10.3 Å². The number of halogens is 4. The molecule has 3 heterocycles. The minimum Gasteiger partial charge on any atom is -0.497 e. The average Bonchev–Trinajstić information content (AvgIpc) is 3.29. The highest BCUT2D eigenvalue weighted by Crippen LogP contribution is 2.41. The third-order valence-electron chi connectivity index (χ3n) is 6.75. The lowest BCUT2D eigenvalue weighted by atomic mass is 9.82. The minimum absolute atomic E-state index is 0.0944. The third-order valence-corrected chi connectivity index (χ3v) is 6.75. The van der Waals surface area contributed by atoms with Crippen molar-refractivity contribution in [2.24, 2.45) is 0 Å². The molecule has 0 saturated heterocycles. The van der Waals surface area contributed by atoms with Gasteiger partial charge in [-0.3, -0.25) is 4.79 Å². The molecule has 4 aromatic rings. The van der Waals surface area contributed by atoms with Crippen LogP contribution in [0.5, 0.6) is 5.75 Å². The summed E-state index contributed by atoms with van der Waals surface area (Å²) in [5, 5.41) is 8.52. The molecule has 192 valence electrons. The van der Waals surface area contributed by atoms with Gasteiger partial charge in [-0.05, 0) is 56.0 Å². The van der Waals surface area contributed by atoms with E-state index >= 15 is 0 Å². The number of methoxy groups -OCH3 is 1. The van der Waals surface area contributed by atoms with Crippen molar-refractivity contribution in [1.82, 2.24) is 25.0 Å². The minimum atomic E-state index is -4.64. The summed E-state index contributed by atoms with van der Waals surface area (Å²) < 4.78 is 60.9. The molecule has 0 amide bonds. The Labute approximate surface area is 209 Å². The van der Waals surface area contributed by atoms with Gasteiger partial charge < -0.3 is 9.72 Å². The summed E-state index contributed by atoms with van der Waals surface area (Å²) >= 11 is 0. The Hall–Kier alpha value is -4.02. The first-order chi connectivity index (χ1) is 17.6. The summed E-state index contributed by atoms with van der Waals surface area (Å²) in [5.74, 6) is 0.183. The highest BCUT2D eigenvalue weighted by atomic mass is 19.4. The van der Waals surface area contributed by atoms with E-state index in [0.29, 0.717) is 60.4 Å². The van der Waals surface area contributed by atoms with Crippen molar-refractivity contribution >= 4 is 0 Å². The largest absolute Gasteiger partial charge is 0.497 e. The second-order valence-electron chi connectivity index (χ2n) is 9.22. The number of H-pyrrole nitrogens is 1. The van der Waals surface area contributed by atoms with Crippen LogP contribution in [0.2, 0.25) is 0 Å². The summed E-state index contributed by atoms with van der Waals surface area (Å²) in [4.78, 5) is 19.8. The summed E-state index contributed by atoms with van der Waals surface area (Å²) in [6, 6.07) is 11.2. The van der Waals surface area contributed by atoms with Crippen molar-refractivity contribution in [2.75, 3.05) is 7.11 Å². The highest BCUT2D eigenvalue weighted by Gasteiger charge is 2.40. The summed E-state index contributed by atoms with van der Waals surface area (Å²) in [6.45, 7) is 1.72. The highest BCUT2D eigenvalue weighted by molar-refractivity contribution is 5.57. The number of aromatic nitrogens is 5. The van der Waals surface area contributed by atoms with Crippen molar-refractivity contribution in [3.8, 4) is 17.1 Å². The molecule has 0 bridgehead atoms. The van der Waals surface area contributed by atoms with Crippen molar-refractivity contribution in [1.29, 1.82) is 0 Å². The number of benzene rings is 2. The van der Waals surface area contributed by atoms with Gasteiger partial charge in [-0.1, -0.05) is 23.4 Å². The van der Waals surface area contributed by atoms with Crippen LogP contribution >= 0.6 is 0 Å². The van der Waals surface area contributed by atoms with E-state index in [9.17, 15) is 22.4 Å². The number of ether oxygens (including phenoxy) is 1. The molecule has 0 spiro atoms. The summed E-state index contributed by atoms with van der Waals surface area (Å²) in [7, 11) is 1.58. The van der Waals surface area contributed by atoms with Crippen LogP contribution in [0.4, 0.5) is 17.6 Å². The molecule has 5 rings (SSSR count). The predicted octanol–water partition coefficient (Wildman–Crippen LogP) is 4.89. The van der Waals surface area contributed by atoms with Crippen LogP contribution in [0.15, 0.2) is 53.3 Å². The quantitative estimate of drug-likeness (QED) is 0.385. The fraction of sp³-hybridized carbons (Fsp3) is 0.308. The van der Waals surface area contributed by atoms with Crippen molar-refractivity contribution < 1.29 is 22.3 Å². The van der Waals surface area contributed by atoms with E-state index in [1.807, 2.05) is 24.3 Å². The second kappa shape index (κ2) is 9.13. The van der Waals surface area contributed by atoms with Crippen LogP contribution in [0.3, 0.4) is 0 Å². The van der Waals surface area contributed by atoms with Gasteiger partial charge in [-0.15, -0.1) is 5.10 Å². The SMILES string of the molecule is COc1ccc(Cc2nc(-c3nnn4c3CCC[C@]4(C)c3ccc(C(F)(F)F)cc3F)cc(=O)[nH]2)cc1. The van der Waals surface area contributed by atoms with Crippen LogP contribution in [-0.2, 0) is 24.6 Å². The topological polar surface area (TPSA) is 85.7 Å². The third kappa shape index (κ3) is 4.61. The lowest BCUT2D eigenvalue weighted by Gasteiger charge is -2.35. The van der Waals surface area contributed by atoms with Gasteiger partial charge in [0, 0.05) is 18.1 Å². The van der Waals surface area contributed by atoms with Gasteiger partial charge in [-0.25, -0.2) is 14.1 Å². The Balaban J connectivity index is 1.52. The van der Waals surface area contributed by atoms with Gasteiger partial charge in [0.25, 0.3) is 5.56 Å². The fourth-order valence-corrected chi connectivity index (χ4v) is 4.85. The lowest BCUT2D eigenvalue weighted by molar-refractivity contribution is -0.137. The Morgan fingerprint density at radius 2 is 1.89 bits per heavy atom. The van der Waals surface area contributed by atoms with E-state index in [4.69, 9.17) is 4.74 Å². The zero-order chi connectivity index (χ0) is 26.4. The Morgan fingerprint density at radius 3 is 2.57 bits per heavy atom. The molecule has 2 aromatic carbocycles. The molecule has 0 fully saturated rings. The average molecular weight is 513 g/mol. The molecule has 7 nitrogen and oxygen atoms in total. The number of hydrogen-bond donors (Lipinski definition) is 1. The monoisotopic (exact) mass is 513 g/mol. The van der Waals surface area contributed by atoms with E-state index in [1.165, 1.54) is 6.07 Å². The Morgan fingerprint density at radius 1 is 1.14 bits per heavy atom. The van der Waals surface area contributed by atoms with Crippen LogP contribution in [-0.4, -0.2) is 32.1 Å². The smallest absolute Gasteiger partial charge is 0.416 e. The molecule has 1 atom stereocenters. The van der Waals surface area contributed by atoms with E-state index in [1.54, 1.807) is 18.7 Å². The molecular formula is C26H23F4N5O2. The number of fused-ring (bicyclic) bond motifs is 1. The predicted molar refractivity (Wildman–Crippen MR) is 127 cm³/mol. The molecule has 1 N–H and O–H groups in total. The molecule has 0 saturated carbocycles. The normalized spacial score (nSPS) is 17.5. The second-order valence-corrected chi connectivity index (χ2v) is 9.22. The first-order valence-electron chi connectivity index (χ1n) is 11.6. The first-order valence-corrected chi connectivity index (χ1v) is 11.6. The van der Waals surface area contributed by atoms with E-state index in [-0.39, 0.29) is 11.1 Å². The molecule has 2 aromatic heterocycles. The number of rotatable bonds is 5. The molecule has 37 heavy (non-hydrogen) atoms. The van der Waals surface area contributed by atoms with Crippen molar-refractivity contribution in [3.05, 3.63) is 92.9 Å². The Kier molecular flexibility index (Phi) is 6.09. The molecule has 1 aliphatic rings. The van der Waals surface area contributed by atoms with Crippen molar-refractivity contribution in [2.45, 2.75) is 44.3 Å². The fourth-order valence-electron chi connectivity index (χ4n) is 4.85. The number of nitrogens with one attached hydrogen (secondary N) is 1.